The van der Waals surface area contributed by atoms with Gasteiger partial charge in [-0.1, -0.05) is 12.1 Å². The summed E-state index contributed by atoms with van der Waals surface area (Å²) >= 11 is 0. The quantitative estimate of drug-likeness (QED) is 0.293. The van der Waals surface area contributed by atoms with Crippen LogP contribution in [0.3, 0.4) is 0 Å². The third kappa shape index (κ3) is 4.32. The van der Waals surface area contributed by atoms with E-state index in [-0.39, 0.29) is 0 Å². The first-order chi connectivity index (χ1) is 13.1. The van der Waals surface area contributed by atoms with E-state index in [0.29, 0.717) is 18.2 Å². The number of rotatable bonds is 5. The summed E-state index contributed by atoms with van der Waals surface area (Å²) < 4.78 is 164. The van der Waals surface area contributed by atoms with E-state index in [4.69, 9.17) is 0 Å². The highest BCUT2D eigenvalue weighted by Gasteiger charge is 2.42. The van der Waals surface area contributed by atoms with E-state index in [2.05, 4.69) is 0 Å². The molecule has 2 aromatic rings. The summed E-state index contributed by atoms with van der Waals surface area (Å²) in [4.78, 5) is -10.7. The average molecular weight is 528 g/mol. The molecule has 0 heterocycles. The van der Waals surface area contributed by atoms with Crippen molar-refractivity contribution >= 4 is 61.4 Å². The van der Waals surface area contributed by atoms with Crippen LogP contribution in [0.25, 0.3) is 10.8 Å². The van der Waals surface area contributed by atoms with Crippen LogP contribution in [-0.2, 0) is 50.6 Å². The van der Waals surface area contributed by atoms with Crippen LogP contribution in [0.1, 0.15) is 0 Å². The first kappa shape index (κ1) is 24.5. The Hall–Kier alpha value is -1.75. The van der Waals surface area contributed by atoms with Gasteiger partial charge in [0, 0.05) is 10.8 Å². The second kappa shape index (κ2) is 6.88. The predicted octanol–water partition coefficient (Wildman–Crippen LogP) is -0.927. The van der Waals surface area contributed by atoms with Gasteiger partial charge in [0.2, 0.25) is 0 Å². The summed E-state index contributed by atoms with van der Waals surface area (Å²) in [5, 5.41) is -3.00. The Labute approximate surface area is 168 Å². The van der Waals surface area contributed by atoms with Crippen LogP contribution in [0, 0.1) is 0 Å². The number of fused-ring (bicyclic) bond motifs is 1. The van der Waals surface area contributed by atoms with Crippen LogP contribution >= 0.6 is 0 Å². The molecule has 0 fully saturated rings. The zero-order chi connectivity index (χ0) is 23.7. The van der Waals surface area contributed by atoms with Crippen molar-refractivity contribution in [2.45, 2.75) is 24.5 Å². The van der Waals surface area contributed by atoms with Crippen LogP contribution in [0.5, 0.6) is 0 Å². The van der Waals surface area contributed by atoms with Crippen molar-refractivity contribution in [1.82, 2.24) is 0 Å². The van der Waals surface area contributed by atoms with Crippen LogP contribution in [0.4, 0.5) is 0 Å². The normalized spacial score (nSPS) is 14.2. The highest BCUT2D eigenvalue weighted by Crippen LogP contribution is 2.43. The lowest BCUT2D eigenvalue weighted by molar-refractivity contribution is 0.449. The van der Waals surface area contributed by atoms with Gasteiger partial charge in [-0.05, 0) is 6.07 Å². The molecule has 0 unspecified atom stereocenters. The van der Waals surface area contributed by atoms with Crippen LogP contribution < -0.4 is 0 Å². The van der Waals surface area contributed by atoms with Crippen molar-refractivity contribution in [1.29, 1.82) is 0 Å². The van der Waals surface area contributed by atoms with Crippen LogP contribution in [0.2, 0.25) is 0 Å². The molecule has 20 heteroatoms. The molecule has 5 N–H and O–H groups in total. The van der Waals surface area contributed by atoms with Crippen molar-refractivity contribution in [3.8, 4) is 0 Å². The first-order valence-corrected chi connectivity index (χ1v) is 13.8. The molecule has 168 valence electrons. The Kier molecular flexibility index (Phi) is 5.62. The van der Waals surface area contributed by atoms with Gasteiger partial charge in [-0.15, -0.1) is 0 Å². The summed E-state index contributed by atoms with van der Waals surface area (Å²) in [5.74, 6) is 0. The van der Waals surface area contributed by atoms with Crippen molar-refractivity contribution in [2.75, 3.05) is 0 Å². The SMILES string of the molecule is O=S(=O)(O)c1c(S(=O)(=O)O)c(S(=O)(=O)O)c2c(S(=O)(=O)O)cccc2c1S(=O)(=O)O. The molecular weight excluding hydrogens is 520 g/mol. The second-order valence-corrected chi connectivity index (χ2v) is 12.2. The molecular formula is C10H8O15S5. The standard InChI is InChI=1S/C10H8O15S5/c11-26(12,13)5-3-1-2-4-6(5)8(28(17,18)19)10(30(23,24)25)9(29(20,21)22)7(4)27(14,15)16/h1-3H,(H,11,12,13)(H,14,15,16)(H,17,18,19)(H,20,21,22)(H,23,24,25). The summed E-state index contributed by atoms with van der Waals surface area (Å²) in [6, 6.07) is 1.44. The van der Waals surface area contributed by atoms with Crippen molar-refractivity contribution in [2.24, 2.45) is 0 Å². The van der Waals surface area contributed by atoms with Gasteiger partial charge in [0.25, 0.3) is 50.6 Å². The summed E-state index contributed by atoms with van der Waals surface area (Å²) in [5.41, 5.74) is 0. The second-order valence-electron chi connectivity index (χ2n) is 5.37. The van der Waals surface area contributed by atoms with E-state index in [1.54, 1.807) is 0 Å². The van der Waals surface area contributed by atoms with Gasteiger partial charge >= 0.3 is 0 Å². The Morgan fingerprint density at radius 2 is 0.833 bits per heavy atom. The molecule has 0 radical (unpaired) electrons. The highest BCUT2D eigenvalue weighted by molar-refractivity contribution is 7.92. The monoisotopic (exact) mass is 528 g/mol. The van der Waals surface area contributed by atoms with Gasteiger partial charge in [0.15, 0.2) is 0 Å². The average Bonchev–Trinajstić information content (AvgIpc) is 2.46. The minimum absolute atomic E-state index is 0.390. The largest absolute Gasteiger partial charge is 0.297 e. The molecule has 0 aliphatic rings. The third-order valence-electron chi connectivity index (χ3n) is 3.43. The van der Waals surface area contributed by atoms with Gasteiger partial charge in [-0.2, -0.15) is 42.1 Å². The van der Waals surface area contributed by atoms with Gasteiger partial charge in [0.05, 0.1) is 0 Å². The molecule has 2 aromatic carbocycles. The fourth-order valence-electron chi connectivity index (χ4n) is 2.58. The predicted molar refractivity (Wildman–Crippen MR) is 93.0 cm³/mol. The summed E-state index contributed by atoms with van der Waals surface area (Å²) in [7, 11) is -29.8. The lowest BCUT2D eigenvalue weighted by Gasteiger charge is -2.17. The molecule has 0 spiro atoms. The molecule has 0 aromatic heterocycles. The molecule has 0 atom stereocenters. The molecule has 0 bridgehead atoms. The molecule has 15 nitrogen and oxygen atoms in total. The topological polar surface area (TPSA) is 272 Å². The Bertz CT molecular complexity index is 1630. The van der Waals surface area contributed by atoms with Crippen molar-refractivity contribution < 1.29 is 64.9 Å². The molecule has 2 rings (SSSR count). The van der Waals surface area contributed by atoms with Gasteiger partial charge < -0.3 is 0 Å². The minimum Gasteiger partial charge on any atom is -0.282 e. The van der Waals surface area contributed by atoms with Crippen LogP contribution in [0.15, 0.2) is 42.7 Å². The van der Waals surface area contributed by atoms with Gasteiger partial charge in [0.1, 0.15) is 24.5 Å². The van der Waals surface area contributed by atoms with Gasteiger partial charge in [-0.25, -0.2) is 0 Å². The Morgan fingerprint density at radius 1 is 0.467 bits per heavy atom. The zero-order valence-corrected chi connectivity index (χ0v) is 17.7. The molecule has 0 saturated heterocycles. The number of hydrogen-bond donors (Lipinski definition) is 5. The fraction of sp³-hybridized carbons (Fsp3) is 0. The van der Waals surface area contributed by atoms with Gasteiger partial charge in [-0.3, -0.25) is 22.8 Å². The highest BCUT2D eigenvalue weighted by atomic mass is 32.2. The maximum atomic E-state index is 11.8. The Balaban J connectivity index is 3.78. The van der Waals surface area contributed by atoms with E-state index in [0.717, 1.165) is 0 Å². The summed E-state index contributed by atoms with van der Waals surface area (Å²) in [6.07, 6.45) is 0. The molecule has 0 saturated carbocycles. The van der Waals surface area contributed by atoms with Crippen LogP contribution in [-0.4, -0.2) is 64.9 Å². The molecule has 0 aliphatic carbocycles. The smallest absolute Gasteiger partial charge is 0.282 e. The Morgan fingerprint density at radius 3 is 1.17 bits per heavy atom. The maximum Gasteiger partial charge on any atom is 0.297 e. The number of benzene rings is 2. The molecule has 0 amide bonds. The third-order valence-corrected chi connectivity index (χ3v) is 8.42. The lowest BCUT2D eigenvalue weighted by atomic mass is 10.1. The fourth-order valence-corrected chi connectivity index (χ4v) is 8.34. The first-order valence-electron chi connectivity index (χ1n) is 6.59. The van der Waals surface area contributed by atoms with E-state index < -0.39 is 85.8 Å². The lowest BCUT2D eigenvalue weighted by Crippen LogP contribution is -2.20. The van der Waals surface area contributed by atoms with E-state index in [1.165, 1.54) is 0 Å². The summed E-state index contributed by atoms with van der Waals surface area (Å²) in [6.45, 7) is 0. The van der Waals surface area contributed by atoms with Crippen molar-refractivity contribution in [3.63, 3.8) is 0 Å². The number of hydrogen-bond acceptors (Lipinski definition) is 10. The van der Waals surface area contributed by atoms with Crippen molar-refractivity contribution in [3.05, 3.63) is 18.2 Å². The van der Waals surface area contributed by atoms with E-state index in [1.807, 2.05) is 0 Å². The van der Waals surface area contributed by atoms with E-state index in [9.17, 15) is 64.9 Å². The minimum atomic E-state index is -6.20. The van der Waals surface area contributed by atoms with E-state index >= 15 is 0 Å². The maximum absolute atomic E-state index is 11.8. The molecule has 0 aliphatic heterocycles. The molecule has 30 heavy (non-hydrogen) atoms. The zero-order valence-electron chi connectivity index (χ0n) is 13.6.